The zero-order valence-corrected chi connectivity index (χ0v) is 15.2. The molecule has 0 N–H and O–H groups in total. The van der Waals surface area contributed by atoms with Crippen LogP contribution in [-0.2, 0) is 9.47 Å². The molecule has 1 aromatic rings. The van der Waals surface area contributed by atoms with Crippen LogP contribution in [0.1, 0.15) is 83.6 Å². The van der Waals surface area contributed by atoms with E-state index in [9.17, 15) is 19.8 Å². The van der Waals surface area contributed by atoms with Crippen molar-refractivity contribution in [1.82, 2.24) is 0 Å². The van der Waals surface area contributed by atoms with E-state index < -0.39 is 24.1 Å². The van der Waals surface area contributed by atoms with Crippen molar-refractivity contribution >= 4 is 11.9 Å². The van der Waals surface area contributed by atoms with Crippen molar-refractivity contribution in [3.63, 3.8) is 0 Å². The largest absolute Gasteiger partial charge is 0.545 e. The summed E-state index contributed by atoms with van der Waals surface area (Å²) in [6.07, 6.45) is 3.29. The van der Waals surface area contributed by atoms with Gasteiger partial charge in [0.2, 0.25) is 0 Å². The molecule has 0 aliphatic rings. The first kappa shape index (κ1) is 21.3. The molecule has 0 fully saturated rings. The van der Waals surface area contributed by atoms with E-state index in [2.05, 4.69) is 13.2 Å². The Bertz CT molecular complexity index is 608. The van der Waals surface area contributed by atoms with Gasteiger partial charge in [-0.15, -0.1) is 0 Å². The Morgan fingerprint density at radius 3 is 1.50 bits per heavy atom. The van der Waals surface area contributed by atoms with Gasteiger partial charge in [0.15, 0.2) is 0 Å². The molecule has 26 heavy (non-hydrogen) atoms. The van der Waals surface area contributed by atoms with E-state index >= 15 is 0 Å². The second-order valence-electron chi connectivity index (χ2n) is 5.72. The van der Waals surface area contributed by atoms with E-state index in [1.165, 1.54) is 24.7 Å². The van der Waals surface area contributed by atoms with Gasteiger partial charge in [-0.05, 0) is 12.8 Å². The Morgan fingerprint density at radius 1 is 0.923 bits per heavy atom. The third-order valence-electron chi connectivity index (χ3n) is 3.99. The molecule has 2 unspecified atom stereocenters. The van der Waals surface area contributed by atoms with E-state index in [0.717, 1.165) is 0 Å². The third-order valence-corrected chi connectivity index (χ3v) is 3.99. The molecule has 0 aliphatic carbocycles. The lowest BCUT2D eigenvalue weighted by atomic mass is 9.86. The lowest BCUT2D eigenvalue weighted by Crippen LogP contribution is -2.30. The summed E-state index contributed by atoms with van der Waals surface area (Å²) in [5.74, 6) is -2.84. The molecule has 0 spiro atoms. The van der Waals surface area contributed by atoms with Crippen LogP contribution in [0.5, 0.6) is 0 Å². The average Bonchev–Trinajstić information content (AvgIpc) is 2.60. The summed E-state index contributed by atoms with van der Waals surface area (Å²) in [6.45, 7) is 10.9. The van der Waals surface area contributed by atoms with Gasteiger partial charge in [0, 0.05) is 22.3 Å². The summed E-state index contributed by atoms with van der Waals surface area (Å²) in [5, 5.41) is 23.4. The summed E-state index contributed by atoms with van der Waals surface area (Å²) in [6, 6.07) is 2.40. The number of carbonyl (C=O) groups excluding carboxylic acids is 2. The van der Waals surface area contributed by atoms with Gasteiger partial charge in [0.05, 0.1) is 24.5 Å². The summed E-state index contributed by atoms with van der Waals surface area (Å²) in [4.78, 5) is 23.4. The Kier molecular flexibility index (Phi) is 8.42. The maximum Gasteiger partial charge on any atom is 0.124 e. The van der Waals surface area contributed by atoms with Crippen molar-refractivity contribution in [2.75, 3.05) is 0 Å². The Hall–Kier alpha value is -2.76. The second-order valence-corrected chi connectivity index (χ2v) is 5.72. The Balaban J connectivity index is 3.84. The summed E-state index contributed by atoms with van der Waals surface area (Å²) in [7, 11) is 0. The minimum absolute atomic E-state index is 0.140. The maximum absolute atomic E-state index is 11.7. The van der Waals surface area contributed by atoms with Crippen LogP contribution in [0.25, 0.3) is 0 Å². The summed E-state index contributed by atoms with van der Waals surface area (Å²) in [5.41, 5.74) is 0.153. The highest BCUT2D eigenvalue weighted by Gasteiger charge is 2.28. The number of hydrogen-bond acceptors (Lipinski definition) is 6. The highest BCUT2D eigenvalue weighted by Crippen LogP contribution is 2.38. The number of rotatable bonds is 12. The monoisotopic (exact) mass is 360 g/mol. The average molecular weight is 360 g/mol. The number of benzene rings is 1. The topological polar surface area (TPSA) is 98.7 Å². The van der Waals surface area contributed by atoms with Crippen LogP contribution in [0.3, 0.4) is 0 Å². The van der Waals surface area contributed by atoms with Gasteiger partial charge in [0.25, 0.3) is 0 Å². The van der Waals surface area contributed by atoms with E-state index in [1.54, 1.807) is 0 Å². The molecule has 0 aliphatic heterocycles. The molecule has 0 radical (unpaired) electrons. The summed E-state index contributed by atoms with van der Waals surface area (Å²) < 4.78 is 11.0. The first-order valence-electron chi connectivity index (χ1n) is 8.54. The first-order chi connectivity index (χ1) is 12.4. The van der Waals surface area contributed by atoms with Gasteiger partial charge >= 0.3 is 0 Å². The quantitative estimate of drug-likeness (QED) is 0.531. The van der Waals surface area contributed by atoms with Crippen molar-refractivity contribution in [3.05, 3.63) is 60.1 Å². The smallest absolute Gasteiger partial charge is 0.124 e. The van der Waals surface area contributed by atoms with Crippen LogP contribution in [0.4, 0.5) is 0 Å². The molecule has 6 nitrogen and oxygen atoms in total. The lowest BCUT2D eigenvalue weighted by molar-refractivity contribution is -0.256. The minimum atomic E-state index is -1.42. The number of carboxylic acid groups (broad SMARTS) is 2. The zero-order valence-electron chi connectivity index (χ0n) is 15.2. The minimum Gasteiger partial charge on any atom is -0.545 e. The Labute approximate surface area is 153 Å². The number of ether oxygens (including phenoxy) is 2. The van der Waals surface area contributed by atoms with Crippen molar-refractivity contribution in [2.24, 2.45) is 0 Å². The molecule has 6 heteroatoms. The van der Waals surface area contributed by atoms with Crippen molar-refractivity contribution < 1.29 is 29.3 Å². The molecule has 142 valence electrons. The van der Waals surface area contributed by atoms with Crippen LogP contribution in [0, 0.1) is 0 Å². The van der Waals surface area contributed by atoms with Crippen molar-refractivity contribution in [1.29, 1.82) is 0 Å². The zero-order chi connectivity index (χ0) is 19.7. The van der Waals surface area contributed by atoms with Crippen LogP contribution >= 0.6 is 0 Å². The van der Waals surface area contributed by atoms with E-state index in [1.807, 2.05) is 13.8 Å². The van der Waals surface area contributed by atoms with Crippen LogP contribution < -0.4 is 10.2 Å². The molecule has 0 saturated heterocycles. The molecular weight excluding hydrogens is 336 g/mol. The molecule has 2 atom stereocenters. The predicted octanol–water partition coefficient (Wildman–Crippen LogP) is 2.42. The van der Waals surface area contributed by atoms with E-state index in [0.29, 0.717) is 25.7 Å². The van der Waals surface area contributed by atoms with Crippen LogP contribution in [0.15, 0.2) is 37.8 Å². The molecule has 1 rings (SSSR count). The van der Waals surface area contributed by atoms with E-state index in [4.69, 9.17) is 9.47 Å². The number of carbonyl (C=O) groups is 2. The highest BCUT2D eigenvalue weighted by molar-refractivity contribution is 5.93. The number of aromatic carboxylic acids is 2. The standard InChI is InChI=1S/C20H26O6/c1-5-9-15(25-7-3)17-13(19(21)22)11-12-14(20(23)24)18(17)16(10-6-2)26-8-4/h7-8,11-12,15-16H,3-6,9-10H2,1-2H3,(H,21,22)(H,23,24)/p-2. The van der Waals surface area contributed by atoms with Crippen LogP contribution in [0.2, 0.25) is 0 Å². The van der Waals surface area contributed by atoms with Gasteiger partial charge in [0.1, 0.15) is 12.2 Å². The van der Waals surface area contributed by atoms with Gasteiger partial charge in [-0.25, -0.2) is 0 Å². The molecule has 0 amide bonds. The fourth-order valence-electron chi connectivity index (χ4n) is 3.00. The number of hydrogen-bond donors (Lipinski definition) is 0. The maximum atomic E-state index is 11.7. The van der Waals surface area contributed by atoms with E-state index in [-0.39, 0.29) is 22.3 Å². The Morgan fingerprint density at radius 2 is 1.27 bits per heavy atom. The molecule has 0 aromatic heterocycles. The van der Waals surface area contributed by atoms with Gasteiger partial charge in [-0.1, -0.05) is 52.0 Å². The lowest BCUT2D eigenvalue weighted by Gasteiger charge is -2.29. The molecule has 0 bridgehead atoms. The van der Waals surface area contributed by atoms with Crippen molar-refractivity contribution in [3.8, 4) is 0 Å². The SMILES string of the molecule is C=COC(CCC)c1c(C(=O)[O-])ccc(C(=O)[O-])c1C(CCC)OC=C. The van der Waals surface area contributed by atoms with Crippen LogP contribution in [-0.4, -0.2) is 11.9 Å². The molecule has 1 aromatic carbocycles. The normalized spacial score (nSPS) is 12.7. The third kappa shape index (κ3) is 4.88. The van der Waals surface area contributed by atoms with Gasteiger partial charge in [-0.2, -0.15) is 0 Å². The fraction of sp³-hybridized carbons (Fsp3) is 0.400. The molecule has 0 heterocycles. The second kappa shape index (κ2) is 10.3. The molecule has 0 saturated carbocycles. The fourth-order valence-corrected chi connectivity index (χ4v) is 3.00. The predicted molar refractivity (Wildman–Crippen MR) is 93.0 cm³/mol. The van der Waals surface area contributed by atoms with Gasteiger partial charge in [-0.3, -0.25) is 0 Å². The molecular formula is C20H24O6-2. The van der Waals surface area contributed by atoms with Crippen molar-refractivity contribution in [2.45, 2.75) is 51.7 Å². The highest BCUT2D eigenvalue weighted by atomic mass is 16.5. The first-order valence-corrected chi connectivity index (χ1v) is 8.54. The van der Waals surface area contributed by atoms with Gasteiger partial charge < -0.3 is 29.3 Å². The number of carboxylic acids is 2. The summed E-state index contributed by atoms with van der Waals surface area (Å²) >= 11 is 0.